The fourth-order valence-electron chi connectivity index (χ4n) is 2.34. The molecule has 3 N–H and O–H groups in total. The van der Waals surface area contributed by atoms with Crippen LogP contribution in [0.5, 0.6) is 0 Å². The highest BCUT2D eigenvalue weighted by molar-refractivity contribution is 5.12. The van der Waals surface area contributed by atoms with Crippen molar-refractivity contribution in [3.8, 4) is 0 Å². The molecule has 0 spiro atoms. The van der Waals surface area contributed by atoms with E-state index in [1.165, 1.54) is 18.4 Å². The molecule has 2 rings (SSSR count). The van der Waals surface area contributed by atoms with Gasteiger partial charge < -0.3 is 0 Å². The van der Waals surface area contributed by atoms with Crippen molar-refractivity contribution >= 4 is 0 Å². The monoisotopic (exact) mass is 222 g/mol. The molecular formula is C12H22N4. The Labute approximate surface area is 97.2 Å². The molecule has 0 bridgehead atoms. The van der Waals surface area contributed by atoms with Crippen molar-refractivity contribution < 1.29 is 0 Å². The molecule has 0 saturated heterocycles. The average Bonchev–Trinajstić information content (AvgIpc) is 3.03. The van der Waals surface area contributed by atoms with E-state index in [0.29, 0.717) is 5.92 Å². The number of aryl methyl sites for hydroxylation is 1. The molecule has 1 aliphatic rings. The maximum atomic E-state index is 5.67. The van der Waals surface area contributed by atoms with Crippen LogP contribution in [-0.4, -0.2) is 9.78 Å². The molecule has 4 heteroatoms. The smallest absolute Gasteiger partial charge is 0.0538 e. The zero-order valence-electron chi connectivity index (χ0n) is 10.2. The SMILES string of the molecule is CCCn1cc(C(NN)C(C)C2CC2)cn1. The maximum Gasteiger partial charge on any atom is 0.0538 e. The van der Waals surface area contributed by atoms with Crippen molar-refractivity contribution in [2.24, 2.45) is 17.7 Å². The third-order valence-electron chi connectivity index (χ3n) is 3.54. The first kappa shape index (κ1) is 11.6. The standard InChI is InChI=1S/C12H22N4/c1-3-6-16-8-11(7-14-16)12(15-13)9(2)10-4-5-10/h7-10,12,15H,3-6,13H2,1-2H3. The first-order valence-corrected chi connectivity index (χ1v) is 6.24. The van der Waals surface area contributed by atoms with Crippen LogP contribution >= 0.6 is 0 Å². The van der Waals surface area contributed by atoms with Crippen molar-refractivity contribution in [3.05, 3.63) is 18.0 Å². The van der Waals surface area contributed by atoms with Crippen LogP contribution < -0.4 is 11.3 Å². The Balaban J connectivity index is 2.06. The first-order valence-electron chi connectivity index (χ1n) is 6.24. The van der Waals surface area contributed by atoms with Crippen LogP contribution in [0.4, 0.5) is 0 Å². The zero-order valence-corrected chi connectivity index (χ0v) is 10.2. The Morgan fingerprint density at radius 1 is 1.62 bits per heavy atom. The second kappa shape index (κ2) is 4.97. The molecule has 0 aliphatic heterocycles. The minimum absolute atomic E-state index is 0.248. The molecule has 0 radical (unpaired) electrons. The number of hydrazine groups is 1. The lowest BCUT2D eigenvalue weighted by Gasteiger charge is -2.21. The number of nitrogens with zero attached hydrogens (tertiary/aromatic N) is 2. The molecule has 4 nitrogen and oxygen atoms in total. The number of nitrogens with one attached hydrogen (secondary N) is 1. The van der Waals surface area contributed by atoms with Gasteiger partial charge in [0, 0.05) is 18.3 Å². The summed E-state index contributed by atoms with van der Waals surface area (Å²) in [4.78, 5) is 0. The summed E-state index contributed by atoms with van der Waals surface area (Å²) in [5.41, 5.74) is 4.16. The van der Waals surface area contributed by atoms with E-state index in [9.17, 15) is 0 Å². The van der Waals surface area contributed by atoms with Crippen molar-refractivity contribution in [2.75, 3.05) is 0 Å². The molecule has 90 valence electrons. The number of nitrogens with two attached hydrogens (primary N) is 1. The highest BCUT2D eigenvalue weighted by Crippen LogP contribution is 2.42. The topological polar surface area (TPSA) is 55.9 Å². The van der Waals surface area contributed by atoms with E-state index in [2.05, 4.69) is 30.6 Å². The molecule has 2 unspecified atom stereocenters. The van der Waals surface area contributed by atoms with E-state index in [1.807, 2.05) is 10.9 Å². The number of rotatable bonds is 6. The van der Waals surface area contributed by atoms with Gasteiger partial charge in [0.1, 0.15) is 0 Å². The van der Waals surface area contributed by atoms with Gasteiger partial charge in [-0.15, -0.1) is 0 Å². The van der Waals surface area contributed by atoms with Crippen LogP contribution in [0.1, 0.15) is 44.7 Å². The molecule has 1 aromatic rings. The Hall–Kier alpha value is -0.870. The molecule has 1 saturated carbocycles. The van der Waals surface area contributed by atoms with E-state index >= 15 is 0 Å². The van der Waals surface area contributed by atoms with Crippen LogP contribution in [0.25, 0.3) is 0 Å². The van der Waals surface area contributed by atoms with Crippen LogP contribution in [0.2, 0.25) is 0 Å². The summed E-state index contributed by atoms with van der Waals surface area (Å²) in [6.45, 7) is 5.42. The lowest BCUT2D eigenvalue weighted by Crippen LogP contribution is -2.33. The summed E-state index contributed by atoms with van der Waals surface area (Å²) in [6, 6.07) is 0.248. The number of hydrogen-bond acceptors (Lipinski definition) is 3. The summed E-state index contributed by atoms with van der Waals surface area (Å²) in [5, 5.41) is 4.36. The van der Waals surface area contributed by atoms with Crippen LogP contribution in [0.15, 0.2) is 12.4 Å². The third-order valence-corrected chi connectivity index (χ3v) is 3.54. The predicted octanol–water partition coefficient (Wildman–Crippen LogP) is 1.84. The van der Waals surface area contributed by atoms with Crippen molar-refractivity contribution in [1.82, 2.24) is 15.2 Å². The van der Waals surface area contributed by atoms with Crippen molar-refractivity contribution in [1.29, 1.82) is 0 Å². The van der Waals surface area contributed by atoms with E-state index in [0.717, 1.165) is 18.9 Å². The van der Waals surface area contributed by atoms with Gasteiger partial charge in [0.05, 0.1) is 12.2 Å². The normalized spacial score (nSPS) is 19.7. The molecule has 1 aromatic heterocycles. The Kier molecular flexibility index (Phi) is 3.61. The lowest BCUT2D eigenvalue weighted by molar-refractivity contribution is 0.354. The molecule has 1 heterocycles. The first-order chi connectivity index (χ1) is 7.76. The lowest BCUT2D eigenvalue weighted by atomic mass is 9.93. The average molecular weight is 222 g/mol. The van der Waals surface area contributed by atoms with Gasteiger partial charge in [0.2, 0.25) is 0 Å². The molecule has 16 heavy (non-hydrogen) atoms. The van der Waals surface area contributed by atoms with Crippen LogP contribution in [0.3, 0.4) is 0 Å². The van der Waals surface area contributed by atoms with Gasteiger partial charge in [-0.25, -0.2) is 0 Å². The number of aromatic nitrogens is 2. The summed E-state index contributed by atoms with van der Waals surface area (Å²) in [7, 11) is 0. The summed E-state index contributed by atoms with van der Waals surface area (Å²) in [5.74, 6) is 7.11. The fraction of sp³-hybridized carbons (Fsp3) is 0.750. The Morgan fingerprint density at radius 3 is 2.94 bits per heavy atom. The van der Waals surface area contributed by atoms with E-state index in [1.54, 1.807) is 0 Å². The van der Waals surface area contributed by atoms with Gasteiger partial charge >= 0.3 is 0 Å². The third kappa shape index (κ3) is 2.44. The maximum absolute atomic E-state index is 5.67. The van der Waals surface area contributed by atoms with E-state index in [-0.39, 0.29) is 6.04 Å². The van der Waals surface area contributed by atoms with Gasteiger partial charge in [0.15, 0.2) is 0 Å². The van der Waals surface area contributed by atoms with Crippen LogP contribution in [0, 0.1) is 11.8 Å². The number of hydrogen-bond donors (Lipinski definition) is 2. The highest BCUT2D eigenvalue weighted by Gasteiger charge is 2.34. The van der Waals surface area contributed by atoms with Gasteiger partial charge in [-0.3, -0.25) is 16.0 Å². The molecule has 1 aliphatic carbocycles. The Morgan fingerprint density at radius 2 is 2.38 bits per heavy atom. The van der Waals surface area contributed by atoms with Gasteiger partial charge in [-0.05, 0) is 31.1 Å². The highest BCUT2D eigenvalue weighted by atomic mass is 15.3. The fourth-order valence-corrected chi connectivity index (χ4v) is 2.34. The molecule has 0 aromatic carbocycles. The van der Waals surface area contributed by atoms with E-state index in [4.69, 9.17) is 5.84 Å². The molecular weight excluding hydrogens is 200 g/mol. The molecule has 2 atom stereocenters. The summed E-state index contributed by atoms with van der Waals surface area (Å²) in [6.07, 6.45) is 7.87. The second-order valence-electron chi connectivity index (χ2n) is 4.88. The van der Waals surface area contributed by atoms with Gasteiger partial charge in [-0.2, -0.15) is 5.10 Å². The summed E-state index contributed by atoms with van der Waals surface area (Å²) >= 11 is 0. The second-order valence-corrected chi connectivity index (χ2v) is 4.88. The predicted molar refractivity (Wildman–Crippen MR) is 64.5 cm³/mol. The van der Waals surface area contributed by atoms with Crippen molar-refractivity contribution in [2.45, 2.75) is 45.7 Å². The minimum atomic E-state index is 0.248. The Bertz CT molecular complexity index is 330. The molecule has 1 fully saturated rings. The van der Waals surface area contributed by atoms with E-state index < -0.39 is 0 Å². The minimum Gasteiger partial charge on any atom is -0.272 e. The van der Waals surface area contributed by atoms with Crippen molar-refractivity contribution in [3.63, 3.8) is 0 Å². The molecule has 0 amide bonds. The quantitative estimate of drug-likeness (QED) is 0.570. The summed E-state index contributed by atoms with van der Waals surface area (Å²) < 4.78 is 2.00. The zero-order chi connectivity index (χ0) is 11.5. The largest absolute Gasteiger partial charge is 0.272 e. The van der Waals surface area contributed by atoms with Crippen LogP contribution in [-0.2, 0) is 6.54 Å². The van der Waals surface area contributed by atoms with Gasteiger partial charge in [0.25, 0.3) is 0 Å². The van der Waals surface area contributed by atoms with Gasteiger partial charge in [-0.1, -0.05) is 13.8 Å².